The second-order valence-corrected chi connectivity index (χ2v) is 5.62. The summed E-state index contributed by atoms with van der Waals surface area (Å²) in [5, 5.41) is 20.0. The van der Waals surface area contributed by atoms with Crippen LogP contribution in [-0.4, -0.2) is 26.5 Å². The van der Waals surface area contributed by atoms with Gasteiger partial charge < -0.3 is 10.4 Å². The molecular formula is C13H20N4OS. The lowest BCUT2D eigenvalue weighted by Gasteiger charge is -2.05. The number of rotatable bonds is 6. The van der Waals surface area contributed by atoms with E-state index in [1.807, 2.05) is 25.5 Å². The van der Waals surface area contributed by atoms with E-state index in [0.29, 0.717) is 6.54 Å². The third kappa shape index (κ3) is 3.40. The highest BCUT2D eigenvalue weighted by molar-refractivity contribution is 7.09. The van der Waals surface area contributed by atoms with Crippen LogP contribution in [0.5, 0.6) is 0 Å². The lowest BCUT2D eigenvalue weighted by molar-refractivity contribution is 0.267. The number of thiazole rings is 1. The highest BCUT2D eigenvalue weighted by Crippen LogP contribution is 2.13. The van der Waals surface area contributed by atoms with Crippen LogP contribution >= 0.6 is 11.3 Å². The molecule has 2 aromatic rings. The van der Waals surface area contributed by atoms with Gasteiger partial charge in [0, 0.05) is 29.7 Å². The SMILES string of the molecule is Cc1nc(CNCc2c(C)nn(CCO)c2C)cs1. The fourth-order valence-electron chi connectivity index (χ4n) is 2.11. The van der Waals surface area contributed by atoms with Gasteiger partial charge in [-0.3, -0.25) is 4.68 Å². The van der Waals surface area contributed by atoms with Crippen molar-refractivity contribution in [1.82, 2.24) is 20.1 Å². The molecule has 19 heavy (non-hydrogen) atoms. The summed E-state index contributed by atoms with van der Waals surface area (Å²) >= 11 is 1.67. The van der Waals surface area contributed by atoms with Crippen LogP contribution in [0.25, 0.3) is 0 Å². The van der Waals surface area contributed by atoms with Crippen LogP contribution in [0.4, 0.5) is 0 Å². The molecule has 0 spiro atoms. The topological polar surface area (TPSA) is 63.0 Å². The van der Waals surface area contributed by atoms with Crippen LogP contribution in [0.1, 0.15) is 27.7 Å². The molecule has 0 fully saturated rings. The quantitative estimate of drug-likeness (QED) is 0.842. The van der Waals surface area contributed by atoms with Crippen LogP contribution in [0.15, 0.2) is 5.38 Å². The maximum absolute atomic E-state index is 8.99. The normalized spacial score (nSPS) is 11.2. The average molecular weight is 280 g/mol. The Labute approximate surface area is 117 Å². The maximum Gasteiger partial charge on any atom is 0.0897 e. The molecule has 0 atom stereocenters. The van der Waals surface area contributed by atoms with E-state index in [1.54, 1.807) is 11.3 Å². The first kappa shape index (κ1) is 14.2. The number of aliphatic hydroxyl groups is 1. The number of hydrogen-bond acceptors (Lipinski definition) is 5. The molecule has 2 aromatic heterocycles. The van der Waals surface area contributed by atoms with Crippen molar-refractivity contribution in [3.05, 3.63) is 33.0 Å². The van der Waals surface area contributed by atoms with E-state index in [1.165, 1.54) is 5.56 Å². The molecule has 0 bridgehead atoms. The van der Waals surface area contributed by atoms with Crippen LogP contribution < -0.4 is 5.32 Å². The van der Waals surface area contributed by atoms with Gasteiger partial charge in [-0.05, 0) is 20.8 Å². The van der Waals surface area contributed by atoms with Gasteiger partial charge in [-0.25, -0.2) is 4.98 Å². The van der Waals surface area contributed by atoms with E-state index >= 15 is 0 Å². The second kappa shape index (κ2) is 6.27. The Morgan fingerprint density at radius 3 is 2.74 bits per heavy atom. The Kier molecular flexibility index (Phi) is 4.68. The van der Waals surface area contributed by atoms with Gasteiger partial charge in [0.1, 0.15) is 0 Å². The van der Waals surface area contributed by atoms with Crippen molar-refractivity contribution >= 4 is 11.3 Å². The van der Waals surface area contributed by atoms with Gasteiger partial charge in [0.25, 0.3) is 0 Å². The van der Waals surface area contributed by atoms with Crippen molar-refractivity contribution in [1.29, 1.82) is 0 Å². The van der Waals surface area contributed by atoms with E-state index in [9.17, 15) is 0 Å². The summed E-state index contributed by atoms with van der Waals surface area (Å²) in [4.78, 5) is 4.42. The Hall–Kier alpha value is -1.24. The molecule has 2 heterocycles. The number of aromatic nitrogens is 3. The van der Waals surface area contributed by atoms with Gasteiger partial charge in [0.15, 0.2) is 0 Å². The number of aryl methyl sites for hydroxylation is 2. The number of nitrogens with zero attached hydrogens (tertiary/aromatic N) is 3. The van der Waals surface area contributed by atoms with Crippen LogP contribution in [0, 0.1) is 20.8 Å². The molecule has 6 heteroatoms. The van der Waals surface area contributed by atoms with Crippen LogP contribution in [-0.2, 0) is 19.6 Å². The first-order valence-corrected chi connectivity index (χ1v) is 7.25. The van der Waals surface area contributed by atoms with Gasteiger partial charge in [-0.2, -0.15) is 5.10 Å². The van der Waals surface area contributed by atoms with E-state index in [2.05, 4.69) is 20.8 Å². The van der Waals surface area contributed by atoms with Crippen molar-refractivity contribution in [2.24, 2.45) is 0 Å². The summed E-state index contributed by atoms with van der Waals surface area (Å²) in [7, 11) is 0. The third-order valence-corrected chi connectivity index (χ3v) is 3.94. The van der Waals surface area contributed by atoms with Crippen LogP contribution in [0.3, 0.4) is 0 Å². The van der Waals surface area contributed by atoms with Crippen LogP contribution in [0.2, 0.25) is 0 Å². The summed E-state index contributed by atoms with van der Waals surface area (Å²) in [6.45, 7) is 8.28. The highest BCUT2D eigenvalue weighted by atomic mass is 32.1. The van der Waals surface area contributed by atoms with Crippen molar-refractivity contribution in [2.45, 2.75) is 40.4 Å². The van der Waals surface area contributed by atoms with Crippen molar-refractivity contribution in [3.63, 3.8) is 0 Å². The zero-order valence-corrected chi connectivity index (χ0v) is 12.4. The maximum atomic E-state index is 8.99. The van der Waals surface area contributed by atoms with E-state index < -0.39 is 0 Å². The lowest BCUT2D eigenvalue weighted by atomic mass is 10.2. The molecule has 2 rings (SSSR count). The predicted octanol–water partition coefficient (Wildman–Crippen LogP) is 1.55. The Bertz CT molecular complexity index is 547. The lowest BCUT2D eigenvalue weighted by Crippen LogP contribution is -2.14. The molecule has 0 saturated carbocycles. The molecule has 0 aliphatic carbocycles. The van der Waals surface area contributed by atoms with E-state index in [4.69, 9.17) is 5.11 Å². The predicted molar refractivity (Wildman–Crippen MR) is 76.2 cm³/mol. The van der Waals surface area contributed by atoms with Crippen molar-refractivity contribution < 1.29 is 5.11 Å². The molecule has 104 valence electrons. The molecular weight excluding hydrogens is 260 g/mol. The molecule has 2 N–H and O–H groups in total. The number of nitrogens with one attached hydrogen (secondary N) is 1. The van der Waals surface area contributed by atoms with E-state index in [0.717, 1.165) is 35.2 Å². The summed E-state index contributed by atoms with van der Waals surface area (Å²) < 4.78 is 1.86. The Balaban J connectivity index is 1.95. The first-order chi connectivity index (χ1) is 9.11. The molecule has 0 aromatic carbocycles. The van der Waals surface area contributed by atoms with Gasteiger partial charge in [0.05, 0.1) is 29.5 Å². The zero-order valence-electron chi connectivity index (χ0n) is 11.6. The van der Waals surface area contributed by atoms with Gasteiger partial charge in [0.2, 0.25) is 0 Å². The van der Waals surface area contributed by atoms with Gasteiger partial charge >= 0.3 is 0 Å². The molecule has 0 saturated heterocycles. The zero-order chi connectivity index (χ0) is 13.8. The van der Waals surface area contributed by atoms with Gasteiger partial charge in [-0.15, -0.1) is 11.3 Å². The molecule has 0 unspecified atom stereocenters. The highest BCUT2D eigenvalue weighted by Gasteiger charge is 2.10. The Morgan fingerprint density at radius 2 is 2.11 bits per heavy atom. The molecule has 0 amide bonds. The minimum atomic E-state index is 0.118. The summed E-state index contributed by atoms with van der Waals surface area (Å²) in [5.74, 6) is 0. The molecule has 5 nitrogen and oxygen atoms in total. The number of aliphatic hydroxyl groups excluding tert-OH is 1. The summed E-state index contributed by atoms with van der Waals surface area (Å²) in [5.41, 5.74) is 4.43. The molecule has 0 aliphatic heterocycles. The molecule has 0 aliphatic rings. The van der Waals surface area contributed by atoms with Crippen molar-refractivity contribution in [3.8, 4) is 0 Å². The Morgan fingerprint density at radius 1 is 1.32 bits per heavy atom. The third-order valence-electron chi connectivity index (χ3n) is 3.12. The second-order valence-electron chi connectivity index (χ2n) is 4.56. The molecule has 0 radical (unpaired) electrons. The summed E-state index contributed by atoms with van der Waals surface area (Å²) in [6.07, 6.45) is 0. The largest absolute Gasteiger partial charge is 0.394 e. The van der Waals surface area contributed by atoms with E-state index in [-0.39, 0.29) is 6.61 Å². The smallest absolute Gasteiger partial charge is 0.0897 e. The van der Waals surface area contributed by atoms with Gasteiger partial charge in [-0.1, -0.05) is 0 Å². The fraction of sp³-hybridized carbons (Fsp3) is 0.538. The minimum Gasteiger partial charge on any atom is -0.394 e. The summed E-state index contributed by atoms with van der Waals surface area (Å²) in [6, 6.07) is 0. The number of hydrogen-bond donors (Lipinski definition) is 2. The minimum absolute atomic E-state index is 0.118. The standard InChI is InChI=1S/C13H20N4OS/c1-9-13(10(2)17(16-9)4-5-18)7-14-6-12-8-19-11(3)15-12/h8,14,18H,4-7H2,1-3H3. The van der Waals surface area contributed by atoms with Crippen molar-refractivity contribution in [2.75, 3.05) is 6.61 Å². The first-order valence-electron chi connectivity index (χ1n) is 6.37. The monoisotopic (exact) mass is 280 g/mol. The fourth-order valence-corrected chi connectivity index (χ4v) is 2.72. The average Bonchev–Trinajstić information content (AvgIpc) is 2.89.